The molecule has 1 heterocycles. The van der Waals surface area contributed by atoms with Crippen molar-refractivity contribution in [3.05, 3.63) is 64.4 Å². The number of likely N-dealkylation sites (N-methyl/N-ethyl adjacent to an activating group) is 1. The summed E-state index contributed by atoms with van der Waals surface area (Å²) in [5.74, 6) is 0. The third kappa shape index (κ3) is 3.55. The number of nitrogens with zero attached hydrogens (tertiary/aromatic N) is 1. The van der Waals surface area contributed by atoms with Crippen LogP contribution in [0.1, 0.15) is 29.8 Å². The SMILES string of the molecule is CCc1cccnc1C(Cc1ccc(Cl)cc1)NC. The molecule has 19 heavy (non-hydrogen) atoms. The molecule has 0 fully saturated rings. The quantitative estimate of drug-likeness (QED) is 0.897. The van der Waals surface area contributed by atoms with Crippen molar-refractivity contribution < 1.29 is 0 Å². The first-order chi connectivity index (χ1) is 9.24. The van der Waals surface area contributed by atoms with E-state index in [1.54, 1.807) is 0 Å². The largest absolute Gasteiger partial charge is 0.311 e. The molecule has 2 aromatic rings. The second kappa shape index (κ2) is 6.69. The molecule has 1 N–H and O–H groups in total. The molecule has 100 valence electrons. The summed E-state index contributed by atoms with van der Waals surface area (Å²) >= 11 is 5.92. The van der Waals surface area contributed by atoms with Gasteiger partial charge in [-0.15, -0.1) is 0 Å². The molecule has 1 aromatic carbocycles. The summed E-state index contributed by atoms with van der Waals surface area (Å²) in [6.45, 7) is 2.16. The highest BCUT2D eigenvalue weighted by atomic mass is 35.5. The van der Waals surface area contributed by atoms with E-state index >= 15 is 0 Å². The molecule has 2 rings (SSSR count). The molecule has 0 saturated heterocycles. The van der Waals surface area contributed by atoms with Gasteiger partial charge >= 0.3 is 0 Å². The molecule has 0 aliphatic carbocycles. The third-order valence-corrected chi connectivity index (χ3v) is 3.59. The Balaban J connectivity index is 2.22. The Hall–Kier alpha value is -1.38. The molecule has 2 nitrogen and oxygen atoms in total. The van der Waals surface area contributed by atoms with E-state index in [4.69, 9.17) is 11.6 Å². The molecular weight excluding hydrogens is 256 g/mol. The maximum Gasteiger partial charge on any atom is 0.0608 e. The van der Waals surface area contributed by atoms with Gasteiger partial charge < -0.3 is 5.32 Å². The molecule has 0 bridgehead atoms. The normalized spacial score (nSPS) is 12.4. The summed E-state index contributed by atoms with van der Waals surface area (Å²) in [5, 5.41) is 4.14. The fourth-order valence-corrected chi connectivity index (χ4v) is 2.38. The van der Waals surface area contributed by atoms with Crippen LogP contribution < -0.4 is 5.32 Å². The number of hydrogen-bond donors (Lipinski definition) is 1. The van der Waals surface area contributed by atoms with E-state index in [2.05, 4.69) is 35.4 Å². The Morgan fingerprint density at radius 2 is 1.95 bits per heavy atom. The van der Waals surface area contributed by atoms with Gasteiger partial charge in [-0.25, -0.2) is 0 Å². The predicted octanol–water partition coefficient (Wildman–Crippen LogP) is 3.80. The van der Waals surface area contributed by atoms with Crippen LogP contribution in [0.3, 0.4) is 0 Å². The van der Waals surface area contributed by atoms with E-state index in [1.807, 2.05) is 31.4 Å². The minimum absolute atomic E-state index is 0.234. The number of halogens is 1. The van der Waals surface area contributed by atoms with Crippen LogP contribution in [-0.4, -0.2) is 12.0 Å². The summed E-state index contributed by atoms with van der Waals surface area (Å²) in [5.41, 5.74) is 3.70. The van der Waals surface area contributed by atoms with Crippen LogP contribution in [0.25, 0.3) is 0 Å². The predicted molar refractivity (Wildman–Crippen MR) is 80.6 cm³/mol. The van der Waals surface area contributed by atoms with Crippen molar-refractivity contribution in [1.82, 2.24) is 10.3 Å². The standard InChI is InChI=1S/C16H19ClN2/c1-3-13-5-4-10-19-16(13)15(18-2)11-12-6-8-14(17)9-7-12/h4-10,15,18H,3,11H2,1-2H3. The number of aromatic nitrogens is 1. The zero-order valence-electron chi connectivity index (χ0n) is 11.4. The van der Waals surface area contributed by atoms with Crippen molar-refractivity contribution in [3.63, 3.8) is 0 Å². The zero-order chi connectivity index (χ0) is 13.7. The average Bonchev–Trinajstić information content (AvgIpc) is 2.46. The highest BCUT2D eigenvalue weighted by molar-refractivity contribution is 6.30. The van der Waals surface area contributed by atoms with Crippen LogP contribution >= 0.6 is 11.6 Å². The number of rotatable bonds is 5. The molecule has 0 aliphatic rings. The number of nitrogens with one attached hydrogen (secondary N) is 1. The smallest absolute Gasteiger partial charge is 0.0608 e. The summed E-state index contributed by atoms with van der Waals surface area (Å²) in [6, 6.07) is 12.4. The van der Waals surface area contributed by atoms with Crippen LogP contribution in [0.4, 0.5) is 0 Å². The molecule has 0 amide bonds. The lowest BCUT2D eigenvalue weighted by molar-refractivity contribution is 0.570. The number of benzene rings is 1. The molecule has 1 atom stereocenters. The van der Waals surface area contributed by atoms with Crippen molar-refractivity contribution in [2.45, 2.75) is 25.8 Å². The van der Waals surface area contributed by atoms with Gasteiger partial charge in [-0.1, -0.05) is 36.7 Å². The number of pyridine rings is 1. The van der Waals surface area contributed by atoms with Crippen LogP contribution in [0.2, 0.25) is 5.02 Å². The molecule has 0 radical (unpaired) electrons. The highest BCUT2D eigenvalue weighted by Crippen LogP contribution is 2.21. The first-order valence-electron chi connectivity index (χ1n) is 6.60. The van der Waals surface area contributed by atoms with Crippen LogP contribution in [0.15, 0.2) is 42.6 Å². The lowest BCUT2D eigenvalue weighted by Gasteiger charge is -2.18. The molecular formula is C16H19ClN2. The second-order valence-electron chi connectivity index (χ2n) is 4.57. The summed E-state index contributed by atoms with van der Waals surface area (Å²) < 4.78 is 0. The van der Waals surface area contributed by atoms with Crippen LogP contribution in [0.5, 0.6) is 0 Å². The Morgan fingerprint density at radius 1 is 1.21 bits per heavy atom. The Morgan fingerprint density at radius 3 is 2.58 bits per heavy atom. The minimum atomic E-state index is 0.234. The molecule has 0 spiro atoms. The monoisotopic (exact) mass is 274 g/mol. The fourth-order valence-electron chi connectivity index (χ4n) is 2.26. The third-order valence-electron chi connectivity index (χ3n) is 3.34. The van der Waals surface area contributed by atoms with Gasteiger partial charge in [0.15, 0.2) is 0 Å². The van der Waals surface area contributed by atoms with Gasteiger partial charge in [0.2, 0.25) is 0 Å². The Kier molecular flexibility index (Phi) is 4.94. The minimum Gasteiger partial charge on any atom is -0.311 e. The number of hydrogen-bond acceptors (Lipinski definition) is 2. The second-order valence-corrected chi connectivity index (χ2v) is 5.01. The zero-order valence-corrected chi connectivity index (χ0v) is 12.1. The van der Waals surface area contributed by atoms with Gasteiger partial charge in [-0.05, 0) is 49.2 Å². The summed E-state index contributed by atoms with van der Waals surface area (Å²) in [6.07, 6.45) is 3.78. The van der Waals surface area contributed by atoms with E-state index in [1.165, 1.54) is 11.1 Å². The molecule has 1 aromatic heterocycles. The van der Waals surface area contributed by atoms with Crippen molar-refractivity contribution in [2.75, 3.05) is 7.05 Å². The molecule has 3 heteroatoms. The van der Waals surface area contributed by atoms with E-state index < -0.39 is 0 Å². The van der Waals surface area contributed by atoms with Gasteiger partial charge in [0.25, 0.3) is 0 Å². The molecule has 0 saturated carbocycles. The van der Waals surface area contributed by atoms with E-state index in [9.17, 15) is 0 Å². The summed E-state index contributed by atoms with van der Waals surface area (Å²) in [4.78, 5) is 4.55. The highest BCUT2D eigenvalue weighted by Gasteiger charge is 2.14. The topological polar surface area (TPSA) is 24.9 Å². The summed E-state index contributed by atoms with van der Waals surface area (Å²) in [7, 11) is 1.98. The number of aryl methyl sites for hydroxylation is 1. The van der Waals surface area contributed by atoms with E-state index in [0.717, 1.165) is 23.6 Å². The molecule has 1 unspecified atom stereocenters. The van der Waals surface area contributed by atoms with Crippen molar-refractivity contribution in [2.24, 2.45) is 0 Å². The van der Waals surface area contributed by atoms with Crippen molar-refractivity contribution >= 4 is 11.6 Å². The van der Waals surface area contributed by atoms with Gasteiger partial charge in [-0.3, -0.25) is 4.98 Å². The lowest BCUT2D eigenvalue weighted by atomic mass is 9.98. The molecule has 0 aliphatic heterocycles. The van der Waals surface area contributed by atoms with Crippen molar-refractivity contribution in [3.8, 4) is 0 Å². The van der Waals surface area contributed by atoms with Crippen LogP contribution in [-0.2, 0) is 12.8 Å². The average molecular weight is 275 g/mol. The maximum absolute atomic E-state index is 5.92. The van der Waals surface area contributed by atoms with Gasteiger partial charge in [-0.2, -0.15) is 0 Å². The Labute approximate surface area is 119 Å². The lowest BCUT2D eigenvalue weighted by Crippen LogP contribution is -2.21. The fraction of sp³-hybridized carbons (Fsp3) is 0.312. The van der Waals surface area contributed by atoms with E-state index in [0.29, 0.717) is 0 Å². The first-order valence-corrected chi connectivity index (χ1v) is 6.98. The maximum atomic E-state index is 5.92. The first kappa shape index (κ1) is 14.0. The van der Waals surface area contributed by atoms with Gasteiger partial charge in [0, 0.05) is 11.2 Å². The van der Waals surface area contributed by atoms with E-state index in [-0.39, 0.29) is 6.04 Å². The van der Waals surface area contributed by atoms with Gasteiger partial charge in [0.1, 0.15) is 0 Å². The Bertz CT molecular complexity index is 523. The van der Waals surface area contributed by atoms with Crippen LogP contribution in [0, 0.1) is 0 Å². The van der Waals surface area contributed by atoms with Gasteiger partial charge in [0.05, 0.1) is 11.7 Å². The van der Waals surface area contributed by atoms with Crippen molar-refractivity contribution in [1.29, 1.82) is 0 Å².